The zero-order chi connectivity index (χ0) is 9.03. The highest BCUT2D eigenvalue weighted by Gasteiger charge is 2.37. The lowest BCUT2D eigenvalue weighted by molar-refractivity contribution is -0.170. The van der Waals surface area contributed by atoms with Crippen molar-refractivity contribution in [1.29, 1.82) is 0 Å². The zero-order valence-corrected chi connectivity index (χ0v) is 7.76. The number of carbonyl (C=O) groups excluding carboxylic acids is 1. The third kappa shape index (κ3) is 1.97. The maximum absolute atomic E-state index is 10.9. The highest BCUT2D eigenvalue weighted by atomic mass is 16.5. The SMILES string of the molecule is CCC(=O)OCC1(CC)COC1. The van der Waals surface area contributed by atoms with Crippen molar-refractivity contribution >= 4 is 5.97 Å². The minimum Gasteiger partial charge on any atom is -0.465 e. The molecule has 0 saturated carbocycles. The highest BCUT2D eigenvalue weighted by molar-refractivity contribution is 5.68. The normalized spacial score (nSPS) is 19.8. The number of hydrogen-bond acceptors (Lipinski definition) is 3. The maximum atomic E-state index is 10.9. The topological polar surface area (TPSA) is 35.5 Å². The number of esters is 1. The minimum absolute atomic E-state index is 0.116. The van der Waals surface area contributed by atoms with Gasteiger partial charge in [0.1, 0.15) is 6.61 Å². The summed E-state index contributed by atoms with van der Waals surface area (Å²) in [4.78, 5) is 10.9. The first-order valence-electron chi connectivity index (χ1n) is 4.46. The Bertz CT molecular complexity index is 156. The number of hydrogen-bond donors (Lipinski definition) is 0. The number of rotatable bonds is 4. The molecule has 0 unspecified atom stereocenters. The smallest absolute Gasteiger partial charge is 0.305 e. The van der Waals surface area contributed by atoms with Gasteiger partial charge in [0.05, 0.1) is 18.6 Å². The molecule has 1 heterocycles. The molecular weight excluding hydrogens is 156 g/mol. The van der Waals surface area contributed by atoms with Gasteiger partial charge in [0.25, 0.3) is 0 Å². The average molecular weight is 172 g/mol. The summed E-state index contributed by atoms with van der Waals surface area (Å²) in [6.07, 6.45) is 1.48. The van der Waals surface area contributed by atoms with Gasteiger partial charge in [-0.15, -0.1) is 0 Å². The van der Waals surface area contributed by atoms with Crippen LogP contribution >= 0.6 is 0 Å². The quantitative estimate of drug-likeness (QED) is 0.601. The zero-order valence-electron chi connectivity index (χ0n) is 7.76. The number of ether oxygens (including phenoxy) is 2. The molecule has 70 valence electrons. The van der Waals surface area contributed by atoms with Gasteiger partial charge in [-0.25, -0.2) is 0 Å². The highest BCUT2D eigenvalue weighted by Crippen LogP contribution is 2.31. The van der Waals surface area contributed by atoms with Crippen LogP contribution in [0.3, 0.4) is 0 Å². The second kappa shape index (κ2) is 3.90. The monoisotopic (exact) mass is 172 g/mol. The predicted molar refractivity (Wildman–Crippen MR) is 44.8 cm³/mol. The molecule has 0 aromatic carbocycles. The molecule has 3 nitrogen and oxygen atoms in total. The Morgan fingerprint density at radius 2 is 2.17 bits per heavy atom. The van der Waals surface area contributed by atoms with Crippen molar-refractivity contribution in [1.82, 2.24) is 0 Å². The van der Waals surface area contributed by atoms with Crippen LogP contribution in [0.4, 0.5) is 0 Å². The second-order valence-corrected chi connectivity index (χ2v) is 3.36. The summed E-state index contributed by atoms with van der Waals surface area (Å²) >= 11 is 0. The first kappa shape index (κ1) is 9.52. The van der Waals surface area contributed by atoms with Gasteiger partial charge in [0.2, 0.25) is 0 Å². The van der Waals surface area contributed by atoms with Gasteiger partial charge in [0, 0.05) is 6.42 Å². The Hall–Kier alpha value is -0.570. The molecule has 0 radical (unpaired) electrons. The van der Waals surface area contributed by atoms with E-state index in [1.54, 1.807) is 6.92 Å². The van der Waals surface area contributed by atoms with Crippen LogP contribution in [0, 0.1) is 5.41 Å². The van der Waals surface area contributed by atoms with Gasteiger partial charge in [-0.3, -0.25) is 4.79 Å². The molecule has 1 saturated heterocycles. The second-order valence-electron chi connectivity index (χ2n) is 3.36. The summed E-state index contributed by atoms with van der Waals surface area (Å²) in [6, 6.07) is 0. The summed E-state index contributed by atoms with van der Waals surface area (Å²) in [5.74, 6) is -0.116. The van der Waals surface area contributed by atoms with E-state index in [-0.39, 0.29) is 11.4 Å². The minimum atomic E-state index is -0.116. The van der Waals surface area contributed by atoms with Crippen LogP contribution in [-0.2, 0) is 14.3 Å². The third-order valence-electron chi connectivity index (χ3n) is 2.39. The first-order chi connectivity index (χ1) is 5.72. The van der Waals surface area contributed by atoms with Crippen molar-refractivity contribution in [3.8, 4) is 0 Å². The van der Waals surface area contributed by atoms with E-state index in [1.807, 2.05) is 0 Å². The van der Waals surface area contributed by atoms with Crippen molar-refractivity contribution in [2.24, 2.45) is 5.41 Å². The molecule has 0 aromatic heterocycles. The van der Waals surface area contributed by atoms with E-state index in [1.165, 1.54) is 0 Å². The Kier molecular flexibility index (Phi) is 3.09. The molecular formula is C9H16O3. The van der Waals surface area contributed by atoms with Crippen LogP contribution in [0.15, 0.2) is 0 Å². The standard InChI is InChI=1S/C9H16O3/c1-3-8(10)12-7-9(4-2)5-11-6-9/h3-7H2,1-2H3. The molecule has 0 N–H and O–H groups in total. The largest absolute Gasteiger partial charge is 0.465 e. The Labute approximate surface area is 73.0 Å². The van der Waals surface area contributed by atoms with Gasteiger partial charge in [-0.1, -0.05) is 13.8 Å². The summed E-state index contributed by atoms with van der Waals surface area (Å²) in [7, 11) is 0. The molecule has 0 aromatic rings. The average Bonchev–Trinajstić information content (AvgIpc) is 2.03. The molecule has 0 aliphatic carbocycles. The Morgan fingerprint density at radius 3 is 2.50 bits per heavy atom. The van der Waals surface area contributed by atoms with Crippen LogP contribution in [0.25, 0.3) is 0 Å². The molecule has 0 atom stereocenters. The van der Waals surface area contributed by atoms with E-state index in [9.17, 15) is 4.79 Å². The lowest BCUT2D eigenvalue weighted by Crippen LogP contribution is -2.46. The van der Waals surface area contributed by atoms with Crippen LogP contribution in [-0.4, -0.2) is 25.8 Å². The van der Waals surface area contributed by atoms with Crippen LogP contribution in [0.2, 0.25) is 0 Å². The summed E-state index contributed by atoms with van der Waals surface area (Å²) in [6.45, 7) is 5.90. The fourth-order valence-corrected chi connectivity index (χ4v) is 1.12. The molecule has 0 bridgehead atoms. The molecule has 3 heteroatoms. The van der Waals surface area contributed by atoms with Crippen molar-refractivity contribution in [2.45, 2.75) is 26.7 Å². The van der Waals surface area contributed by atoms with Crippen molar-refractivity contribution in [3.05, 3.63) is 0 Å². The van der Waals surface area contributed by atoms with E-state index < -0.39 is 0 Å². The van der Waals surface area contributed by atoms with Crippen molar-refractivity contribution in [3.63, 3.8) is 0 Å². The number of carbonyl (C=O) groups is 1. The van der Waals surface area contributed by atoms with Crippen LogP contribution < -0.4 is 0 Å². The third-order valence-corrected chi connectivity index (χ3v) is 2.39. The van der Waals surface area contributed by atoms with E-state index in [4.69, 9.17) is 9.47 Å². The molecule has 1 rings (SSSR count). The summed E-state index contributed by atoms with van der Waals surface area (Å²) in [5.41, 5.74) is 0.130. The lowest BCUT2D eigenvalue weighted by atomic mass is 9.84. The van der Waals surface area contributed by atoms with Gasteiger partial charge in [0.15, 0.2) is 0 Å². The molecule has 0 amide bonds. The van der Waals surface area contributed by atoms with E-state index in [0.29, 0.717) is 13.0 Å². The van der Waals surface area contributed by atoms with Gasteiger partial charge >= 0.3 is 5.97 Å². The Morgan fingerprint density at radius 1 is 1.50 bits per heavy atom. The van der Waals surface area contributed by atoms with Crippen molar-refractivity contribution in [2.75, 3.05) is 19.8 Å². The van der Waals surface area contributed by atoms with Crippen LogP contribution in [0.5, 0.6) is 0 Å². The van der Waals surface area contributed by atoms with Gasteiger partial charge in [-0.2, -0.15) is 0 Å². The fourth-order valence-electron chi connectivity index (χ4n) is 1.12. The summed E-state index contributed by atoms with van der Waals surface area (Å²) in [5, 5.41) is 0. The molecule has 1 fully saturated rings. The Balaban J connectivity index is 2.24. The van der Waals surface area contributed by atoms with Gasteiger partial charge < -0.3 is 9.47 Å². The van der Waals surface area contributed by atoms with E-state index in [2.05, 4.69) is 6.92 Å². The maximum Gasteiger partial charge on any atom is 0.305 e. The van der Waals surface area contributed by atoms with E-state index in [0.717, 1.165) is 19.6 Å². The predicted octanol–water partition coefficient (Wildman–Crippen LogP) is 1.37. The molecule has 0 spiro atoms. The van der Waals surface area contributed by atoms with Crippen LogP contribution in [0.1, 0.15) is 26.7 Å². The van der Waals surface area contributed by atoms with Gasteiger partial charge in [-0.05, 0) is 6.42 Å². The molecule has 12 heavy (non-hydrogen) atoms. The van der Waals surface area contributed by atoms with E-state index >= 15 is 0 Å². The lowest BCUT2D eigenvalue weighted by Gasteiger charge is -2.39. The first-order valence-corrected chi connectivity index (χ1v) is 4.46. The molecule has 1 aliphatic heterocycles. The summed E-state index contributed by atoms with van der Waals surface area (Å²) < 4.78 is 10.2. The molecule has 1 aliphatic rings. The fraction of sp³-hybridized carbons (Fsp3) is 0.889. The van der Waals surface area contributed by atoms with Crippen molar-refractivity contribution < 1.29 is 14.3 Å².